The van der Waals surface area contributed by atoms with E-state index in [0.717, 1.165) is 4.47 Å². The summed E-state index contributed by atoms with van der Waals surface area (Å²) in [7, 11) is 0. The molecule has 1 heterocycles. The third-order valence-corrected chi connectivity index (χ3v) is 5.32. The van der Waals surface area contributed by atoms with E-state index in [4.69, 9.17) is 29.0 Å². The number of hydrogen-bond donors (Lipinski definition) is 2. The van der Waals surface area contributed by atoms with Crippen molar-refractivity contribution in [1.29, 1.82) is 0 Å². The fraction of sp³-hybridized carbons (Fsp3) is 0.0625. The fourth-order valence-electron chi connectivity index (χ4n) is 2.09. The van der Waals surface area contributed by atoms with Crippen molar-refractivity contribution in [3.63, 3.8) is 0 Å². The maximum absolute atomic E-state index is 12.1. The second-order valence-electron chi connectivity index (χ2n) is 5.14. The summed E-state index contributed by atoms with van der Waals surface area (Å²) in [5, 5.41) is 12.2. The summed E-state index contributed by atoms with van der Waals surface area (Å²) in [6.07, 6.45) is 0. The summed E-state index contributed by atoms with van der Waals surface area (Å²) in [6, 6.07) is 12.3. The molecule has 0 saturated carbocycles. The van der Waals surface area contributed by atoms with E-state index in [0.29, 0.717) is 32.3 Å². The van der Waals surface area contributed by atoms with Crippen LogP contribution in [0.3, 0.4) is 0 Å². The van der Waals surface area contributed by atoms with E-state index < -0.39 is 0 Å². The van der Waals surface area contributed by atoms with E-state index in [2.05, 4.69) is 31.4 Å². The molecule has 0 atom stereocenters. The molecule has 1 aromatic heterocycles. The van der Waals surface area contributed by atoms with Gasteiger partial charge in [0.05, 0.1) is 10.8 Å². The van der Waals surface area contributed by atoms with Crippen molar-refractivity contribution >= 4 is 62.5 Å². The molecule has 10 heteroatoms. The summed E-state index contributed by atoms with van der Waals surface area (Å²) in [5.74, 6) is 6.40. The predicted molar refractivity (Wildman–Crippen MR) is 109 cm³/mol. The Morgan fingerprint density at radius 3 is 2.62 bits per heavy atom. The van der Waals surface area contributed by atoms with Gasteiger partial charge in [-0.2, -0.15) is 0 Å². The van der Waals surface area contributed by atoms with Crippen molar-refractivity contribution in [2.45, 2.75) is 5.16 Å². The van der Waals surface area contributed by atoms with Gasteiger partial charge in [0.25, 0.3) is 0 Å². The van der Waals surface area contributed by atoms with Gasteiger partial charge < -0.3 is 11.2 Å². The van der Waals surface area contributed by atoms with Crippen molar-refractivity contribution in [1.82, 2.24) is 14.9 Å². The van der Waals surface area contributed by atoms with Crippen LogP contribution in [0.2, 0.25) is 10.0 Å². The Morgan fingerprint density at radius 1 is 1.19 bits per heavy atom. The minimum Gasteiger partial charge on any atom is -0.335 e. The lowest BCUT2D eigenvalue weighted by Crippen LogP contribution is -2.16. The molecule has 1 amide bonds. The Balaban J connectivity index is 1.66. The monoisotopic (exact) mass is 471 g/mol. The van der Waals surface area contributed by atoms with Crippen molar-refractivity contribution in [2.75, 3.05) is 16.9 Å². The molecule has 0 aliphatic carbocycles. The Hall–Kier alpha value is -1.74. The summed E-state index contributed by atoms with van der Waals surface area (Å²) in [5.41, 5.74) is 1.32. The zero-order valence-electron chi connectivity index (χ0n) is 13.1. The van der Waals surface area contributed by atoms with Crippen molar-refractivity contribution in [3.05, 3.63) is 57.0 Å². The standard InChI is InChI=1S/C16H12BrCl2N5OS/c17-9-1-4-11(5-2-9)21-14(25)8-26-16-23-22-15(24(16)20)12-6-3-10(18)7-13(12)19/h1-7H,8,20H2,(H,21,25). The van der Waals surface area contributed by atoms with Crippen molar-refractivity contribution in [2.24, 2.45) is 0 Å². The predicted octanol–water partition coefficient (Wildman–Crippen LogP) is 4.46. The molecule has 26 heavy (non-hydrogen) atoms. The number of benzene rings is 2. The first-order valence-corrected chi connectivity index (χ1v) is 9.81. The average Bonchev–Trinajstić information content (AvgIpc) is 2.96. The van der Waals surface area contributed by atoms with Gasteiger partial charge in [0.2, 0.25) is 11.1 Å². The zero-order chi connectivity index (χ0) is 18.7. The van der Waals surface area contributed by atoms with E-state index in [-0.39, 0.29) is 11.7 Å². The van der Waals surface area contributed by atoms with E-state index in [1.807, 2.05) is 12.1 Å². The van der Waals surface area contributed by atoms with Crippen LogP contribution in [0.15, 0.2) is 52.1 Å². The number of nitrogens with one attached hydrogen (secondary N) is 1. The fourth-order valence-corrected chi connectivity index (χ4v) is 3.50. The molecular weight excluding hydrogens is 461 g/mol. The summed E-state index contributed by atoms with van der Waals surface area (Å²) < 4.78 is 2.24. The maximum atomic E-state index is 12.1. The SMILES string of the molecule is Nn1c(SCC(=O)Nc2ccc(Br)cc2)nnc1-c1ccc(Cl)cc1Cl. The molecule has 0 bridgehead atoms. The maximum Gasteiger partial charge on any atom is 0.234 e. The molecule has 0 aliphatic rings. The Labute approximate surface area is 172 Å². The first-order valence-electron chi connectivity index (χ1n) is 7.28. The number of thioether (sulfide) groups is 1. The van der Waals surface area contributed by atoms with Gasteiger partial charge in [-0.3, -0.25) is 4.79 Å². The lowest BCUT2D eigenvalue weighted by molar-refractivity contribution is -0.113. The van der Waals surface area contributed by atoms with Crippen LogP contribution in [-0.2, 0) is 4.79 Å². The van der Waals surface area contributed by atoms with E-state index in [9.17, 15) is 4.79 Å². The molecule has 0 aliphatic heterocycles. The first kappa shape index (κ1) is 19.0. The molecule has 3 N–H and O–H groups in total. The molecule has 0 fully saturated rings. The second-order valence-corrected chi connectivity index (χ2v) is 7.85. The Kier molecular flexibility index (Phi) is 6.08. The summed E-state index contributed by atoms with van der Waals surface area (Å²) >= 11 is 16.6. The molecule has 6 nitrogen and oxygen atoms in total. The van der Waals surface area contributed by atoms with E-state index >= 15 is 0 Å². The minimum absolute atomic E-state index is 0.139. The number of rotatable bonds is 5. The van der Waals surface area contributed by atoms with E-state index in [1.54, 1.807) is 30.3 Å². The zero-order valence-corrected chi connectivity index (χ0v) is 17.0. The molecule has 3 aromatic rings. The highest BCUT2D eigenvalue weighted by atomic mass is 79.9. The molecule has 2 aromatic carbocycles. The van der Waals surface area contributed by atoms with Gasteiger partial charge in [0.1, 0.15) is 0 Å². The topological polar surface area (TPSA) is 85.8 Å². The van der Waals surface area contributed by atoms with Crippen LogP contribution in [0.1, 0.15) is 0 Å². The van der Waals surface area contributed by atoms with Crippen LogP contribution < -0.4 is 11.2 Å². The third kappa shape index (κ3) is 4.50. The number of carbonyl (C=O) groups is 1. The van der Waals surface area contributed by atoms with Gasteiger partial charge in [-0.1, -0.05) is 50.9 Å². The first-order chi connectivity index (χ1) is 12.4. The largest absolute Gasteiger partial charge is 0.335 e. The summed E-state index contributed by atoms with van der Waals surface area (Å²) in [6.45, 7) is 0. The molecular formula is C16H12BrCl2N5OS. The van der Waals surface area contributed by atoms with Crippen molar-refractivity contribution in [3.8, 4) is 11.4 Å². The van der Waals surface area contributed by atoms with Gasteiger partial charge in [0.15, 0.2) is 5.82 Å². The lowest BCUT2D eigenvalue weighted by atomic mass is 10.2. The second kappa shape index (κ2) is 8.30. The highest BCUT2D eigenvalue weighted by molar-refractivity contribution is 9.10. The Morgan fingerprint density at radius 2 is 1.92 bits per heavy atom. The number of anilines is 1. The van der Waals surface area contributed by atoms with Crippen LogP contribution in [0.4, 0.5) is 5.69 Å². The number of amides is 1. The molecule has 0 spiro atoms. The number of halogens is 3. The highest BCUT2D eigenvalue weighted by Gasteiger charge is 2.16. The highest BCUT2D eigenvalue weighted by Crippen LogP contribution is 2.30. The smallest absolute Gasteiger partial charge is 0.234 e. The number of nitrogens with zero attached hydrogens (tertiary/aromatic N) is 3. The van der Waals surface area contributed by atoms with Gasteiger partial charge in [-0.15, -0.1) is 10.2 Å². The minimum atomic E-state index is -0.175. The van der Waals surface area contributed by atoms with Crippen LogP contribution in [0.5, 0.6) is 0 Å². The number of aromatic nitrogens is 3. The number of hydrogen-bond acceptors (Lipinski definition) is 5. The van der Waals surface area contributed by atoms with Crippen molar-refractivity contribution < 1.29 is 4.79 Å². The van der Waals surface area contributed by atoms with Crippen LogP contribution >= 0.6 is 50.9 Å². The van der Waals surface area contributed by atoms with Gasteiger partial charge in [-0.25, -0.2) is 4.68 Å². The van der Waals surface area contributed by atoms with Crippen LogP contribution in [0.25, 0.3) is 11.4 Å². The molecule has 0 radical (unpaired) electrons. The van der Waals surface area contributed by atoms with E-state index in [1.165, 1.54) is 16.4 Å². The average molecular weight is 473 g/mol. The number of carbonyl (C=O) groups excluding carboxylic acids is 1. The molecule has 0 saturated heterocycles. The Bertz CT molecular complexity index is 948. The molecule has 3 rings (SSSR count). The molecule has 134 valence electrons. The van der Waals surface area contributed by atoms with Gasteiger partial charge in [-0.05, 0) is 42.5 Å². The quantitative estimate of drug-likeness (QED) is 0.423. The molecule has 0 unspecified atom stereocenters. The van der Waals surface area contributed by atoms with Gasteiger partial charge >= 0.3 is 0 Å². The normalized spacial score (nSPS) is 10.7. The van der Waals surface area contributed by atoms with Gasteiger partial charge in [0, 0.05) is 20.7 Å². The number of nitrogens with two attached hydrogens (primary N) is 1. The van der Waals surface area contributed by atoms with Crippen LogP contribution in [-0.4, -0.2) is 26.5 Å². The van der Waals surface area contributed by atoms with Crippen LogP contribution in [0, 0.1) is 0 Å². The number of nitrogen functional groups attached to an aromatic ring is 1. The third-order valence-electron chi connectivity index (χ3n) is 3.30. The lowest BCUT2D eigenvalue weighted by Gasteiger charge is -2.06. The summed E-state index contributed by atoms with van der Waals surface area (Å²) in [4.78, 5) is 12.1.